The van der Waals surface area contributed by atoms with E-state index < -0.39 is 10.0 Å². The SMILES string of the molecule is CCCCCC(=O)Nc1cc(S(=O)(=O)N2CCCCC2)ccc1OC(C)C. The lowest BCUT2D eigenvalue weighted by Gasteiger charge is -2.26. The van der Waals surface area contributed by atoms with Crippen molar-refractivity contribution in [3.8, 4) is 5.75 Å². The van der Waals surface area contributed by atoms with Gasteiger partial charge in [0, 0.05) is 19.5 Å². The van der Waals surface area contributed by atoms with Crippen molar-refractivity contribution < 1.29 is 17.9 Å². The number of sulfonamides is 1. The van der Waals surface area contributed by atoms with Crippen LogP contribution in [0.5, 0.6) is 5.75 Å². The van der Waals surface area contributed by atoms with Gasteiger partial charge in [-0.3, -0.25) is 4.79 Å². The van der Waals surface area contributed by atoms with Crippen molar-refractivity contribution in [2.75, 3.05) is 18.4 Å². The molecule has 27 heavy (non-hydrogen) atoms. The number of hydrogen-bond donors (Lipinski definition) is 1. The number of nitrogens with one attached hydrogen (secondary N) is 1. The summed E-state index contributed by atoms with van der Waals surface area (Å²) >= 11 is 0. The summed E-state index contributed by atoms with van der Waals surface area (Å²) in [6.45, 7) is 6.97. The minimum absolute atomic E-state index is 0.0784. The van der Waals surface area contributed by atoms with Gasteiger partial charge in [-0.15, -0.1) is 0 Å². The topological polar surface area (TPSA) is 75.7 Å². The number of piperidine rings is 1. The van der Waals surface area contributed by atoms with Crippen LogP contribution in [0.25, 0.3) is 0 Å². The van der Waals surface area contributed by atoms with E-state index in [9.17, 15) is 13.2 Å². The molecule has 1 fully saturated rings. The van der Waals surface area contributed by atoms with E-state index in [4.69, 9.17) is 4.74 Å². The van der Waals surface area contributed by atoms with E-state index in [1.807, 2.05) is 13.8 Å². The van der Waals surface area contributed by atoms with Gasteiger partial charge >= 0.3 is 0 Å². The molecule has 1 N–H and O–H groups in total. The highest BCUT2D eigenvalue weighted by Gasteiger charge is 2.27. The van der Waals surface area contributed by atoms with Gasteiger partial charge in [0.25, 0.3) is 0 Å². The molecule has 2 rings (SSSR count). The Labute approximate surface area is 163 Å². The van der Waals surface area contributed by atoms with Crippen molar-refractivity contribution in [3.05, 3.63) is 18.2 Å². The molecule has 0 atom stereocenters. The third kappa shape index (κ3) is 6.21. The standard InChI is InChI=1S/C20H32N2O4S/c1-4-5-7-10-20(23)21-18-15-17(11-12-19(18)26-16(2)3)27(24,25)22-13-8-6-9-14-22/h11-12,15-16H,4-10,13-14H2,1-3H3,(H,21,23). The number of nitrogens with zero attached hydrogens (tertiary/aromatic N) is 1. The summed E-state index contributed by atoms with van der Waals surface area (Å²) in [5.74, 6) is 0.371. The van der Waals surface area contributed by atoms with E-state index in [1.54, 1.807) is 12.1 Å². The van der Waals surface area contributed by atoms with Crippen LogP contribution < -0.4 is 10.1 Å². The normalized spacial score (nSPS) is 15.7. The third-order valence-corrected chi connectivity index (χ3v) is 6.44. The predicted molar refractivity (Wildman–Crippen MR) is 108 cm³/mol. The van der Waals surface area contributed by atoms with Gasteiger partial charge in [0.05, 0.1) is 16.7 Å². The summed E-state index contributed by atoms with van der Waals surface area (Å²) in [5.41, 5.74) is 0.420. The Kier molecular flexibility index (Phi) is 8.10. The van der Waals surface area contributed by atoms with Crippen LogP contribution in [0.3, 0.4) is 0 Å². The molecule has 0 bridgehead atoms. The van der Waals surface area contributed by atoms with Crippen LogP contribution in [-0.2, 0) is 14.8 Å². The second-order valence-corrected chi connectivity index (χ2v) is 9.23. The molecular weight excluding hydrogens is 364 g/mol. The first kappa shape index (κ1) is 21.7. The fraction of sp³-hybridized carbons (Fsp3) is 0.650. The van der Waals surface area contributed by atoms with E-state index in [0.29, 0.717) is 30.9 Å². The largest absolute Gasteiger partial charge is 0.489 e. The number of hydrogen-bond acceptors (Lipinski definition) is 4. The lowest BCUT2D eigenvalue weighted by molar-refractivity contribution is -0.116. The van der Waals surface area contributed by atoms with E-state index in [2.05, 4.69) is 12.2 Å². The van der Waals surface area contributed by atoms with E-state index in [1.165, 1.54) is 10.4 Å². The zero-order valence-corrected chi connectivity index (χ0v) is 17.5. The van der Waals surface area contributed by atoms with Gasteiger partial charge in [0.2, 0.25) is 15.9 Å². The second kappa shape index (κ2) is 10.1. The number of anilines is 1. The number of rotatable bonds is 9. The number of benzene rings is 1. The quantitative estimate of drug-likeness (QED) is 0.636. The summed E-state index contributed by atoms with van der Waals surface area (Å²) in [6.07, 6.45) is 6.01. The van der Waals surface area contributed by atoms with Crippen LogP contribution in [0.1, 0.15) is 65.7 Å². The van der Waals surface area contributed by atoms with Crippen LogP contribution in [0.4, 0.5) is 5.69 Å². The number of unbranched alkanes of at least 4 members (excludes halogenated alkanes) is 2. The molecule has 6 nitrogen and oxygen atoms in total. The van der Waals surface area contributed by atoms with Crippen molar-refractivity contribution in [2.24, 2.45) is 0 Å². The monoisotopic (exact) mass is 396 g/mol. The molecule has 1 aromatic carbocycles. The number of ether oxygens (including phenoxy) is 1. The smallest absolute Gasteiger partial charge is 0.243 e. The Morgan fingerprint density at radius 2 is 1.89 bits per heavy atom. The Bertz CT molecular complexity index is 725. The fourth-order valence-corrected chi connectivity index (χ4v) is 4.67. The molecule has 1 aromatic rings. The number of carbonyl (C=O) groups excluding carboxylic acids is 1. The van der Waals surface area contributed by atoms with Gasteiger partial charge in [-0.25, -0.2) is 8.42 Å². The predicted octanol–water partition coefficient (Wildman–Crippen LogP) is 4.17. The Morgan fingerprint density at radius 3 is 2.52 bits per heavy atom. The summed E-state index contributed by atoms with van der Waals surface area (Å²) < 4.78 is 33.2. The molecule has 1 heterocycles. The molecule has 0 spiro atoms. The fourth-order valence-electron chi connectivity index (χ4n) is 3.13. The van der Waals surface area contributed by atoms with Crippen molar-refractivity contribution in [1.82, 2.24) is 4.31 Å². The summed E-state index contributed by atoms with van der Waals surface area (Å²) in [5, 5.41) is 2.84. The molecule has 1 aliphatic rings. The van der Waals surface area contributed by atoms with Crippen LogP contribution in [-0.4, -0.2) is 37.8 Å². The van der Waals surface area contributed by atoms with E-state index >= 15 is 0 Å². The zero-order valence-electron chi connectivity index (χ0n) is 16.7. The summed E-state index contributed by atoms with van der Waals surface area (Å²) in [4.78, 5) is 12.5. The number of carbonyl (C=O) groups is 1. The first-order valence-electron chi connectivity index (χ1n) is 9.95. The van der Waals surface area contributed by atoms with Crippen molar-refractivity contribution in [2.45, 2.75) is 76.7 Å². The van der Waals surface area contributed by atoms with Gasteiger partial charge in [-0.1, -0.05) is 26.2 Å². The van der Waals surface area contributed by atoms with Gasteiger partial charge in [0.1, 0.15) is 5.75 Å². The molecule has 1 saturated heterocycles. The number of amides is 1. The molecule has 7 heteroatoms. The van der Waals surface area contributed by atoms with Crippen LogP contribution in [0.15, 0.2) is 23.1 Å². The maximum Gasteiger partial charge on any atom is 0.243 e. The van der Waals surface area contributed by atoms with E-state index in [-0.39, 0.29) is 16.9 Å². The molecule has 0 unspecified atom stereocenters. The minimum atomic E-state index is -3.56. The first-order chi connectivity index (χ1) is 12.8. The lowest BCUT2D eigenvalue weighted by atomic mass is 10.2. The van der Waals surface area contributed by atoms with Crippen LogP contribution in [0, 0.1) is 0 Å². The van der Waals surface area contributed by atoms with Crippen molar-refractivity contribution in [3.63, 3.8) is 0 Å². The van der Waals surface area contributed by atoms with E-state index in [0.717, 1.165) is 38.5 Å². The maximum absolute atomic E-state index is 12.9. The van der Waals surface area contributed by atoms with Crippen LogP contribution >= 0.6 is 0 Å². The first-order valence-corrected chi connectivity index (χ1v) is 11.4. The molecule has 152 valence electrons. The molecule has 1 amide bonds. The molecule has 1 aliphatic heterocycles. The average Bonchev–Trinajstić information content (AvgIpc) is 2.63. The summed E-state index contributed by atoms with van der Waals surface area (Å²) in [7, 11) is -3.56. The molecule has 0 saturated carbocycles. The van der Waals surface area contributed by atoms with Gasteiger partial charge in [-0.2, -0.15) is 4.31 Å². The van der Waals surface area contributed by atoms with Crippen molar-refractivity contribution in [1.29, 1.82) is 0 Å². The van der Waals surface area contributed by atoms with Gasteiger partial charge in [0.15, 0.2) is 0 Å². The lowest BCUT2D eigenvalue weighted by Crippen LogP contribution is -2.35. The Balaban J connectivity index is 2.25. The third-order valence-electron chi connectivity index (χ3n) is 4.55. The Hall–Kier alpha value is -1.60. The van der Waals surface area contributed by atoms with Gasteiger partial charge in [-0.05, 0) is 51.3 Å². The molecular formula is C20H32N2O4S. The van der Waals surface area contributed by atoms with Crippen LogP contribution in [0.2, 0.25) is 0 Å². The zero-order chi connectivity index (χ0) is 19.9. The van der Waals surface area contributed by atoms with Gasteiger partial charge < -0.3 is 10.1 Å². The average molecular weight is 397 g/mol. The highest BCUT2D eigenvalue weighted by molar-refractivity contribution is 7.89. The second-order valence-electron chi connectivity index (χ2n) is 7.29. The molecule has 0 radical (unpaired) electrons. The minimum Gasteiger partial charge on any atom is -0.489 e. The maximum atomic E-state index is 12.9. The highest BCUT2D eigenvalue weighted by Crippen LogP contribution is 2.31. The molecule has 0 aromatic heterocycles. The highest BCUT2D eigenvalue weighted by atomic mass is 32.2. The Morgan fingerprint density at radius 1 is 1.19 bits per heavy atom. The van der Waals surface area contributed by atoms with Crippen molar-refractivity contribution >= 4 is 21.6 Å². The molecule has 0 aliphatic carbocycles. The summed E-state index contributed by atoms with van der Waals surface area (Å²) in [6, 6.07) is 4.73.